The van der Waals surface area contributed by atoms with Crippen molar-refractivity contribution in [2.24, 2.45) is 0 Å². The number of carbonyl (C=O) groups is 1. The smallest absolute Gasteiger partial charge is 0.246 e. The number of benzene rings is 1. The minimum atomic E-state index is -3.65. The van der Waals surface area contributed by atoms with Crippen LogP contribution in [0, 0.1) is 6.92 Å². The molecule has 0 N–H and O–H groups in total. The lowest BCUT2D eigenvalue weighted by atomic mass is 10.0. The lowest BCUT2D eigenvalue weighted by Gasteiger charge is -2.40. The predicted molar refractivity (Wildman–Crippen MR) is 104 cm³/mol. The molecule has 1 fully saturated rings. The van der Waals surface area contributed by atoms with Crippen LogP contribution in [0.25, 0.3) is 0 Å². The molecule has 1 aliphatic rings. The average Bonchev–Trinajstić information content (AvgIpc) is 2.68. The minimum absolute atomic E-state index is 0.176. The number of rotatable bonds is 5. The number of hydrogen-bond acceptors (Lipinski definition) is 4. The number of carbonyl (C=O) groups excluding carboxylic acids is 1. The van der Waals surface area contributed by atoms with Crippen LogP contribution in [-0.4, -0.2) is 54.2 Å². The Morgan fingerprint density at radius 2 is 1.96 bits per heavy atom. The Morgan fingerprint density at radius 1 is 1.22 bits per heavy atom. The second kappa shape index (κ2) is 8.02. The number of piperazine rings is 1. The monoisotopic (exact) mass is 385 g/mol. The molecule has 2 aromatic rings. The molecule has 7 heteroatoms. The molecular weight excluding hydrogens is 362 g/mol. The fraction of sp³-hybridized carbons (Fsp3) is 0.300. The van der Waals surface area contributed by atoms with Crippen LogP contribution in [-0.2, 0) is 21.2 Å². The number of nitrogens with zero attached hydrogens (tertiary/aromatic N) is 3. The molecule has 0 aliphatic carbocycles. The summed E-state index contributed by atoms with van der Waals surface area (Å²) in [5.41, 5.74) is 1.82. The van der Waals surface area contributed by atoms with Crippen LogP contribution in [0.5, 0.6) is 0 Å². The molecule has 1 amide bonds. The van der Waals surface area contributed by atoms with E-state index in [2.05, 4.69) is 11.6 Å². The summed E-state index contributed by atoms with van der Waals surface area (Å²) in [6.45, 7) is 6.21. The van der Waals surface area contributed by atoms with E-state index in [1.165, 1.54) is 16.6 Å². The zero-order valence-electron chi connectivity index (χ0n) is 15.3. The molecule has 1 saturated heterocycles. The van der Waals surface area contributed by atoms with Crippen molar-refractivity contribution in [3.8, 4) is 0 Å². The van der Waals surface area contributed by atoms with Crippen LogP contribution >= 0.6 is 0 Å². The molecule has 2 heterocycles. The number of amides is 1. The maximum atomic E-state index is 13.0. The Morgan fingerprint density at radius 3 is 2.59 bits per heavy atom. The molecular formula is C20H23N3O3S. The highest BCUT2D eigenvalue weighted by Crippen LogP contribution is 2.22. The lowest BCUT2D eigenvalue weighted by molar-refractivity contribution is -0.129. The van der Waals surface area contributed by atoms with Crippen molar-refractivity contribution in [3.63, 3.8) is 0 Å². The Kier molecular flexibility index (Phi) is 5.72. The van der Waals surface area contributed by atoms with E-state index < -0.39 is 10.0 Å². The van der Waals surface area contributed by atoms with E-state index in [9.17, 15) is 13.2 Å². The molecule has 0 bridgehead atoms. The van der Waals surface area contributed by atoms with Crippen molar-refractivity contribution in [1.82, 2.24) is 14.2 Å². The van der Waals surface area contributed by atoms with E-state index in [1.54, 1.807) is 17.0 Å². The molecule has 142 valence electrons. The van der Waals surface area contributed by atoms with E-state index in [0.717, 1.165) is 11.3 Å². The van der Waals surface area contributed by atoms with Crippen LogP contribution < -0.4 is 0 Å². The zero-order valence-corrected chi connectivity index (χ0v) is 16.1. The van der Waals surface area contributed by atoms with Gasteiger partial charge in [0.1, 0.15) is 4.90 Å². The summed E-state index contributed by atoms with van der Waals surface area (Å²) >= 11 is 0. The van der Waals surface area contributed by atoms with Gasteiger partial charge in [0.15, 0.2) is 0 Å². The highest BCUT2D eigenvalue weighted by molar-refractivity contribution is 7.89. The summed E-state index contributed by atoms with van der Waals surface area (Å²) in [5.74, 6) is -0.176. The third-order valence-electron chi connectivity index (χ3n) is 4.74. The van der Waals surface area contributed by atoms with Gasteiger partial charge < -0.3 is 4.90 Å². The van der Waals surface area contributed by atoms with E-state index >= 15 is 0 Å². The van der Waals surface area contributed by atoms with Crippen LogP contribution in [0.15, 0.2) is 66.2 Å². The fourth-order valence-corrected chi connectivity index (χ4v) is 4.68. The van der Waals surface area contributed by atoms with E-state index in [0.29, 0.717) is 13.0 Å². The van der Waals surface area contributed by atoms with Gasteiger partial charge in [-0.05, 0) is 37.1 Å². The third kappa shape index (κ3) is 4.26. The normalized spacial score (nSPS) is 18.3. The predicted octanol–water partition coefficient (Wildman–Crippen LogP) is 2.02. The van der Waals surface area contributed by atoms with Crippen LogP contribution in [0.2, 0.25) is 0 Å². The number of pyridine rings is 1. The zero-order chi connectivity index (χ0) is 19.4. The van der Waals surface area contributed by atoms with Gasteiger partial charge in [-0.2, -0.15) is 4.31 Å². The van der Waals surface area contributed by atoms with Gasteiger partial charge in [-0.1, -0.05) is 36.9 Å². The van der Waals surface area contributed by atoms with Gasteiger partial charge in [0.2, 0.25) is 15.9 Å². The average molecular weight is 385 g/mol. The van der Waals surface area contributed by atoms with E-state index in [4.69, 9.17) is 0 Å². The van der Waals surface area contributed by atoms with Crippen molar-refractivity contribution < 1.29 is 13.2 Å². The molecule has 27 heavy (non-hydrogen) atoms. The molecule has 0 spiro atoms. The molecule has 0 saturated carbocycles. The van der Waals surface area contributed by atoms with Crippen molar-refractivity contribution >= 4 is 15.9 Å². The lowest BCUT2D eigenvalue weighted by Crippen LogP contribution is -2.56. The fourth-order valence-electron chi connectivity index (χ4n) is 3.27. The van der Waals surface area contributed by atoms with Crippen molar-refractivity contribution in [2.45, 2.75) is 24.3 Å². The molecule has 0 unspecified atom stereocenters. The first-order valence-corrected chi connectivity index (χ1v) is 10.3. The molecule has 3 rings (SSSR count). The second-order valence-electron chi connectivity index (χ2n) is 6.58. The minimum Gasteiger partial charge on any atom is -0.333 e. The van der Waals surface area contributed by atoms with Gasteiger partial charge >= 0.3 is 0 Å². The molecule has 1 aromatic heterocycles. The summed E-state index contributed by atoms with van der Waals surface area (Å²) in [4.78, 5) is 18.2. The van der Waals surface area contributed by atoms with Crippen LogP contribution in [0.4, 0.5) is 0 Å². The summed E-state index contributed by atoms with van der Waals surface area (Å²) in [6, 6.07) is 12.8. The molecule has 1 atom stereocenters. The SMILES string of the molecule is C=CC(=O)N1CCN(S(=O)(=O)c2ccc(C)nc2)C[C@@H]1Cc1ccccc1. The van der Waals surface area contributed by atoms with Crippen LogP contribution in [0.1, 0.15) is 11.3 Å². The maximum Gasteiger partial charge on any atom is 0.246 e. The summed E-state index contributed by atoms with van der Waals surface area (Å²) in [6.07, 6.45) is 3.25. The van der Waals surface area contributed by atoms with Gasteiger partial charge in [0, 0.05) is 37.6 Å². The third-order valence-corrected chi connectivity index (χ3v) is 6.59. The molecule has 1 aromatic carbocycles. The number of sulfonamides is 1. The topological polar surface area (TPSA) is 70.6 Å². The molecule has 0 radical (unpaired) electrons. The first-order valence-electron chi connectivity index (χ1n) is 8.81. The highest BCUT2D eigenvalue weighted by atomic mass is 32.2. The Balaban J connectivity index is 1.86. The Hall–Kier alpha value is -2.51. The quantitative estimate of drug-likeness (QED) is 0.739. The standard InChI is InChI=1S/C20H23N3O3S/c1-3-20(24)23-12-11-22(15-18(23)13-17-7-5-4-6-8-17)27(25,26)19-10-9-16(2)21-14-19/h3-10,14,18H,1,11-13,15H2,2H3/t18-/m0/s1. The first-order chi connectivity index (χ1) is 12.9. The Labute approximate surface area is 160 Å². The van der Waals surface area contributed by atoms with Crippen molar-refractivity contribution in [3.05, 3.63) is 72.6 Å². The van der Waals surface area contributed by atoms with Gasteiger partial charge in [0.05, 0.1) is 0 Å². The van der Waals surface area contributed by atoms with Gasteiger partial charge in [-0.15, -0.1) is 0 Å². The van der Waals surface area contributed by atoms with Gasteiger partial charge in [0.25, 0.3) is 0 Å². The van der Waals surface area contributed by atoms with E-state index in [-0.39, 0.29) is 29.9 Å². The first kappa shape index (κ1) is 19.3. The van der Waals surface area contributed by atoms with Crippen molar-refractivity contribution in [2.75, 3.05) is 19.6 Å². The summed E-state index contributed by atoms with van der Waals surface area (Å²) in [7, 11) is -3.65. The molecule has 6 nitrogen and oxygen atoms in total. The largest absolute Gasteiger partial charge is 0.333 e. The maximum absolute atomic E-state index is 13.0. The van der Waals surface area contributed by atoms with Gasteiger partial charge in [-0.3, -0.25) is 9.78 Å². The highest BCUT2D eigenvalue weighted by Gasteiger charge is 2.35. The number of hydrogen-bond donors (Lipinski definition) is 0. The summed E-state index contributed by atoms with van der Waals surface area (Å²) < 4.78 is 27.5. The Bertz CT molecular complexity index is 911. The molecule has 1 aliphatic heterocycles. The summed E-state index contributed by atoms with van der Waals surface area (Å²) in [5, 5.41) is 0. The van der Waals surface area contributed by atoms with Gasteiger partial charge in [-0.25, -0.2) is 8.42 Å². The van der Waals surface area contributed by atoms with Crippen molar-refractivity contribution in [1.29, 1.82) is 0 Å². The van der Waals surface area contributed by atoms with Crippen LogP contribution in [0.3, 0.4) is 0 Å². The number of aromatic nitrogens is 1. The number of aryl methyl sites for hydroxylation is 1. The van der Waals surface area contributed by atoms with E-state index in [1.807, 2.05) is 37.3 Å². The second-order valence-corrected chi connectivity index (χ2v) is 8.52.